The van der Waals surface area contributed by atoms with Gasteiger partial charge in [-0.15, -0.1) is 0 Å². The molecule has 0 spiro atoms. The van der Waals surface area contributed by atoms with Gasteiger partial charge in [0.2, 0.25) is 0 Å². The van der Waals surface area contributed by atoms with Crippen LogP contribution < -0.4 is 10.3 Å². The van der Waals surface area contributed by atoms with Gasteiger partial charge in [-0.05, 0) is 56.0 Å². The molecule has 0 aliphatic carbocycles. The second-order valence-corrected chi connectivity index (χ2v) is 8.40. The van der Waals surface area contributed by atoms with Crippen molar-refractivity contribution in [1.29, 1.82) is 0 Å². The number of hydrogen-bond donors (Lipinski definition) is 1. The first-order chi connectivity index (χ1) is 12.7. The van der Waals surface area contributed by atoms with Crippen LogP contribution in [0.5, 0.6) is 0 Å². The van der Waals surface area contributed by atoms with E-state index in [9.17, 15) is 4.79 Å². The lowest BCUT2D eigenvalue weighted by Crippen LogP contribution is -2.45. The highest BCUT2D eigenvalue weighted by molar-refractivity contribution is 6.34. The molecule has 0 bridgehead atoms. The zero-order valence-corrected chi connectivity index (χ0v) is 17.4. The lowest BCUT2D eigenvalue weighted by Gasteiger charge is -2.45. The molecule has 1 aliphatic rings. The summed E-state index contributed by atoms with van der Waals surface area (Å²) in [6.07, 6.45) is 2.63. The Labute approximate surface area is 170 Å². The summed E-state index contributed by atoms with van der Waals surface area (Å²) in [6.45, 7) is 6.70. The van der Waals surface area contributed by atoms with Gasteiger partial charge in [-0.2, -0.15) is 5.10 Å². The fourth-order valence-electron chi connectivity index (χ4n) is 3.57. The lowest BCUT2D eigenvalue weighted by atomic mass is 9.80. The second kappa shape index (κ2) is 7.53. The minimum absolute atomic E-state index is 0.0777. The zero-order chi connectivity index (χ0) is 19.8. The van der Waals surface area contributed by atoms with Crippen molar-refractivity contribution < 1.29 is 4.79 Å². The first-order valence-corrected chi connectivity index (χ1v) is 9.61. The molecule has 1 aliphatic heterocycles. The predicted molar refractivity (Wildman–Crippen MR) is 113 cm³/mol. The highest BCUT2D eigenvalue weighted by atomic mass is 35.5. The van der Waals surface area contributed by atoms with Gasteiger partial charge in [0.05, 0.1) is 21.8 Å². The summed E-state index contributed by atoms with van der Waals surface area (Å²) in [7, 11) is 2.10. The molecule has 0 fully saturated rings. The number of nitrogens with zero attached hydrogens (tertiary/aromatic N) is 2. The number of hydrazone groups is 1. The van der Waals surface area contributed by atoms with Crippen LogP contribution in [0.3, 0.4) is 0 Å². The summed E-state index contributed by atoms with van der Waals surface area (Å²) in [5.41, 5.74) is 6.11. The molecular formula is C21H23Cl2N3O. The fourth-order valence-corrected chi connectivity index (χ4v) is 4.00. The molecule has 0 aromatic heterocycles. The van der Waals surface area contributed by atoms with E-state index in [0.29, 0.717) is 21.5 Å². The smallest absolute Gasteiger partial charge is 0.272 e. The average molecular weight is 404 g/mol. The van der Waals surface area contributed by atoms with Gasteiger partial charge < -0.3 is 4.90 Å². The zero-order valence-electron chi connectivity index (χ0n) is 15.9. The van der Waals surface area contributed by atoms with E-state index >= 15 is 0 Å². The predicted octanol–water partition coefficient (Wildman–Crippen LogP) is 5.48. The molecule has 1 unspecified atom stereocenters. The maximum Gasteiger partial charge on any atom is 0.272 e. The Bertz CT molecular complexity index is 908. The summed E-state index contributed by atoms with van der Waals surface area (Å²) < 4.78 is 0. The number of benzene rings is 2. The standard InChI is InChI=1S/C21H23Cl2N3O/c1-13-11-21(2,3)26(4)19-10-18(23)14(9-16(13)19)12-24-25-20(27)15-7-5-6-8-17(15)22/h5-10,12-13H,11H2,1-4H3,(H,25,27)/b24-12+. The number of nitrogens with one attached hydrogen (secondary N) is 1. The third kappa shape index (κ3) is 3.97. The quantitative estimate of drug-likeness (QED) is 0.544. The van der Waals surface area contributed by atoms with E-state index in [1.165, 1.54) is 5.56 Å². The van der Waals surface area contributed by atoms with Gasteiger partial charge in [0, 0.05) is 23.8 Å². The Kier molecular flexibility index (Phi) is 5.50. The summed E-state index contributed by atoms with van der Waals surface area (Å²) >= 11 is 12.5. The van der Waals surface area contributed by atoms with Gasteiger partial charge in [0.1, 0.15) is 0 Å². The topological polar surface area (TPSA) is 44.7 Å². The third-order valence-corrected chi connectivity index (χ3v) is 5.90. The maximum absolute atomic E-state index is 12.2. The number of halogens is 2. The molecule has 1 N–H and O–H groups in total. The molecule has 2 aromatic rings. The van der Waals surface area contributed by atoms with Crippen LogP contribution in [0.4, 0.5) is 5.69 Å². The SMILES string of the molecule is CC1CC(C)(C)N(C)c2cc(Cl)c(/C=N/NC(=O)c3ccccc3Cl)cc21. The average Bonchev–Trinajstić information content (AvgIpc) is 2.60. The summed E-state index contributed by atoms with van der Waals surface area (Å²) in [4.78, 5) is 14.5. The van der Waals surface area contributed by atoms with Crippen molar-refractivity contribution in [1.82, 2.24) is 5.43 Å². The number of hydrogen-bond acceptors (Lipinski definition) is 3. The molecule has 0 saturated heterocycles. The fraction of sp³-hybridized carbons (Fsp3) is 0.333. The second-order valence-electron chi connectivity index (χ2n) is 7.59. The van der Waals surface area contributed by atoms with E-state index in [1.54, 1.807) is 30.5 Å². The van der Waals surface area contributed by atoms with E-state index < -0.39 is 0 Å². The Balaban J connectivity index is 1.82. The number of rotatable bonds is 3. The van der Waals surface area contributed by atoms with Gasteiger partial charge in [-0.1, -0.05) is 42.3 Å². The molecule has 27 heavy (non-hydrogen) atoms. The van der Waals surface area contributed by atoms with Gasteiger partial charge in [0.25, 0.3) is 5.91 Å². The number of amides is 1. The van der Waals surface area contributed by atoms with Crippen molar-refractivity contribution in [2.24, 2.45) is 5.10 Å². The first kappa shape index (κ1) is 19.7. The molecule has 4 nitrogen and oxygen atoms in total. The van der Waals surface area contributed by atoms with Crippen LogP contribution in [0.1, 0.15) is 54.6 Å². The number of carbonyl (C=O) groups excluding carboxylic acids is 1. The third-order valence-electron chi connectivity index (χ3n) is 5.24. The minimum atomic E-state index is -0.360. The molecule has 1 heterocycles. The van der Waals surface area contributed by atoms with E-state index in [1.807, 2.05) is 6.07 Å². The van der Waals surface area contributed by atoms with Gasteiger partial charge >= 0.3 is 0 Å². The summed E-state index contributed by atoms with van der Waals surface area (Å²) in [6, 6.07) is 10.9. The van der Waals surface area contributed by atoms with E-state index in [0.717, 1.165) is 17.7 Å². The minimum Gasteiger partial charge on any atom is -0.369 e. The lowest BCUT2D eigenvalue weighted by molar-refractivity contribution is 0.0955. The maximum atomic E-state index is 12.2. The van der Waals surface area contributed by atoms with Crippen LogP contribution in [-0.2, 0) is 0 Å². The van der Waals surface area contributed by atoms with Crippen LogP contribution >= 0.6 is 23.2 Å². The Hall–Kier alpha value is -2.04. The number of fused-ring (bicyclic) bond motifs is 1. The van der Waals surface area contributed by atoms with Crippen LogP contribution in [0.15, 0.2) is 41.5 Å². The van der Waals surface area contributed by atoms with Gasteiger partial charge in [0.15, 0.2) is 0 Å². The molecule has 0 saturated carbocycles. The number of carbonyl (C=O) groups is 1. The largest absolute Gasteiger partial charge is 0.369 e. The van der Waals surface area contributed by atoms with Gasteiger partial charge in [-0.25, -0.2) is 5.43 Å². The van der Waals surface area contributed by atoms with Crippen molar-refractivity contribution >= 4 is 41.0 Å². The molecule has 0 radical (unpaired) electrons. The highest BCUT2D eigenvalue weighted by Gasteiger charge is 2.34. The highest BCUT2D eigenvalue weighted by Crippen LogP contribution is 2.44. The van der Waals surface area contributed by atoms with Gasteiger partial charge in [-0.3, -0.25) is 4.79 Å². The molecule has 142 valence electrons. The van der Waals surface area contributed by atoms with Crippen LogP contribution in [0, 0.1) is 0 Å². The molecule has 1 atom stereocenters. The number of anilines is 1. The molecule has 2 aromatic carbocycles. The first-order valence-electron chi connectivity index (χ1n) is 8.86. The summed E-state index contributed by atoms with van der Waals surface area (Å²) in [5.74, 6) is 0.0501. The summed E-state index contributed by atoms with van der Waals surface area (Å²) in [5, 5.41) is 5.04. The Morgan fingerprint density at radius 1 is 1.26 bits per heavy atom. The molecular weight excluding hydrogens is 381 g/mol. The van der Waals surface area contributed by atoms with Crippen LogP contribution in [0.25, 0.3) is 0 Å². The normalized spacial score (nSPS) is 18.4. The molecule has 1 amide bonds. The Morgan fingerprint density at radius 3 is 2.67 bits per heavy atom. The van der Waals surface area contributed by atoms with E-state index in [2.05, 4.69) is 49.3 Å². The van der Waals surface area contributed by atoms with E-state index in [-0.39, 0.29) is 11.4 Å². The van der Waals surface area contributed by atoms with E-state index in [4.69, 9.17) is 23.2 Å². The van der Waals surface area contributed by atoms with Crippen molar-refractivity contribution in [3.8, 4) is 0 Å². The van der Waals surface area contributed by atoms with Crippen molar-refractivity contribution in [3.05, 3.63) is 63.1 Å². The van der Waals surface area contributed by atoms with Crippen LogP contribution in [0.2, 0.25) is 10.0 Å². The molecule has 6 heteroatoms. The Morgan fingerprint density at radius 2 is 1.96 bits per heavy atom. The van der Waals surface area contributed by atoms with Crippen molar-refractivity contribution in [3.63, 3.8) is 0 Å². The van der Waals surface area contributed by atoms with Crippen molar-refractivity contribution in [2.75, 3.05) is 11.9 Å². The van der Waals surface area contributed by atoms with Crippen LogP contribution in [-0.4, -0.2) is 24.7 Å². The van der Waals surface area contributed by atoms with Crippen molar-refractivity contribution in [2.45, 2.75) is 38.6 Å². The molecule has 3 rings (SSSR count). The monoisotopic (exact) mass is 403 g/mol.